The highest BCUT2D eigenvalue weighted by Crippen LogP contribution is 2.43. The van der Waals surface area contributed by atoms with Crippen LogP contribution < -0.4 is 5.32 Å². The van der Waals surface area contributed by atoms with Crippen molar-refractivity contribution in [3.8, 4) is 0 Å². The molecule has 1 heterocycles. The Hall–Kier alpha value is -1.24. The van der Waals surface area contributed by atoms with E-state index in [2.05, 4.69) is 42.6 Å². The lowest BCUT2D eigenvalue weighted by atomic mass is 9.82. The fourth-order valence-corrected chi connectivity index (χ4v) is 2.82. The molecule has 2 atom stereocenters. The summed E-state index contributed by atoms with van der Waals surface area (Å²) in [5, 5.41) is 3.63. The first-order valence-corrected chi connectivity index (χ1v) is 5.38. The van der Waals surface area contributed by atoms with Crippen LogP contribution in [0.5, 0.6) is 0 Å². The molecule has 0 saturated heterocycles. The minimum absolute atomic E-state index is 0.639. The van der Waals surface area contributed by atoms with Gasteiger partial charge in [0.1, 0.15) is 0 Å². The van der Waals surface area contributed by atoms with E-state index in [4.69, 9.17) is 0 Å². The molecular formula is C13H15N. The van der Waals surface area contributed by atoms with Gasteiger partial charge in [-0.1, -0.05) is 29.8 Å². The van der Waals surface area contributed by atoms with Gasteiger partial charge in [0.25, 0.3) is 0 Å². The molecule has 0 fully saturated rings. The number of hydrogen-bond acceptors (Lipinski definition) is 1. The molecule has 2 unspecified atom stereocenters. The third-order valence-corrected chi connectivity index (χ3v) is 3.47. The Kier molecular flexibility index (Phi) is 1.66. The number of anilines is 1. The van der Waals surface area contributed by atoms with Crippen LogP contribution >= 0.6 is 0 Å². The zero-order valence-electron chi connectivity index (χ0n) is 8.46. The van der Waals surface area contributed by atoms with Crippen molar-refractivity contribution in [1.29, 1.82) is 0 Å². The molecule has 72 valence electrons. The fraction of sp³-hybridized carbons (Fsp3) is 0.385. The third kappa shape index (κ3) is 1.02. The summed E-state index contributed by atoms with van der Waals surface area (Å²) in [7, 11) is 0. The van der Waals surface area contributed by atoms with Gasteiger partial charge in [-0.3, -0.25) is 0 Å². The smallest absolute Gasteiger partial charge is 0.0382 e. The molecule has 0 bridgehead atoms. The van der Waals surface area contributed by atoms with E-state index in [9.17, 15) is 0 Å². The highest BCUT2D eigenvalue weighted by molar-refractivity contribution is 5.62. The molecular weight excluding hydrogens is 170 g/mol. The van der Waals surface area contributed by atoms with E-state index in [0.717, 1.165) is 0 Å². The van der Waals surface area contributed by atoms with Crippen LogP contribution in [0.1, 0.15) is 31.2 Å². The summed E-state index contributed by atoms with van der Waals surface area (Å²) in [5.74, 6) is 0.639. The number of fused-ring (bicyclic) bond motifs is 3. The van der Waals surface area contributed by atoms with Gasteiger partial charge < -0.3 is 5.32 Å². The molecule has 1 aliphatic carbocycles. The molecule has 14 heavy (non-hydrogen) atoms. The lowest BCUT2D eigenvalue weighted by Gasteiger charge is -2.25. The van der Waals surface area contributed by atoms with Gasteiger partial charge >= 0.3 is 0 Å². The molecule has 1 aromatic rings. The quantitative estimate of drug-likeness (QED) is 0.611. The van der Waals surface area contributed by atoms with Gasteiger partial charge in [-0.2, -0.15) is 0 Å². The number of para-hydroxylation sites is 1. The Morgan fingerprint density at radius 1 is 1.29 bits per heavy atom. The van der Waals surface area contributed by atoms with Crippen LogP contribution in [0.3, 0.4) is 0 Å². The molecule has 0 amide bonds. The van der Waals surface area contributed by atoms with Crippen molar-refractivity contribution >= 4 is 5.69 Å². The summed E-state index contributed by atoms with van der Waals surface area (Å²) in [6, 6.07) is 9.36. The van der Waals surface area contributed by atoms with Crippen molar-refractivity contribution in [2.24, 2.45) is 0 Å². The number of benzene rings is 1. The van der Waals surface area contributed by atoms with Crippen molar-refractivity contribution in [2.45, 2.75) is 31.7 Å². The normalized spacial score (nSPS) is 28.8. The second kappa shape index (κ2) is 2.88. The Labute approximate surface area is 84.8 Å². The average molecular weight is 185 g/mol. The summed E-state index contributed by atoms with van der Waals surface area (Å²) in [5.41, 5.74) is 4.38. The maximum atomic E-state index is 3.63. The van der Waals surface area contributed by atoms with Crippen molar-refractivity contribution in [1.82, 2.24) is 0 Å². The van der Waals surface area contributed by atoms with Crippen LogP contribution in [0.15, 0.2) is 35.9 Å². The molecule has 1 nitrogen and oxygen atoms in total. The lowest BCUT2D eigenvalue weighted by molar-refractivity contribution is 0.581. The summed E-state index contributed by atoms with van der Waals surface area (Å²) in [6.07, 6.45) is 4.90. The molecule has 0 radical (unpaired) electrons. The van der Waals surface area contributed by atoms with Crippen LogP contribution in [0.2, 0.25) is 0 Å². The first-order valence-electron chi connectivity index (χ1n) is 5.38. The number of nitrogens with one attached hydrogen (secondary N) is 1. The van der Waals surface area contributed by atoms with E-state index in [0.29, 0.717) is 12.0 Å². The number of allylic oxidation sites excluding steroid dienone is 1. The van der Waals surface area contributed by atoms with Crippen molar-refractivity contribution in [2.75, 3.05) is 5.32 Å². The summed E-state index contributed by atoms with van der Waals surface area (Å²) in [4.78, 5) is 0. The lowest BCUT2D eigenvalue weighted by Crippen LogP contribution is -2.23. The highest BCUT2D eigenvalue weighted by atomic mass is 15.0. The molecule has 0 spiro atoms. The first kappa shape index (κ1) is 8.10. The number of hydrogen-bond donors (Lipinski definition) is 1. The molecule has 0 saturated carbocycles. The van der Waals surface area contributed by atoms with Gasteiger partial charge in [0.15, 0.2) is 0 Å². The van der Waals surface area contributed by atoms with Crippen LogP contribution in [-0.2, 0) is 0 Å². The van der Waals surface area contributed by atoms with Gasteiger partial charge in [0.2, 0.25) is 0 Å². The minimum Gasteiger partial charge on any atom is -0.381 e. The Morgan fingerprint density at radius 2 is 2.14 bits per heavy atom. The van der Waals surface area contributed by atoms with Crippen LogP contribution in [-0.4, -0.2) is 6.04 Å². The Bertz CT molecular complexity index is 392. The molecule has 1 N–H and O–H groups in total. The van der Waals surface area contributed by atoms with Gasteiger partial charge in [-0.15, -0.1) is 0 Å². The molecule has 2 aliphatic rings. The minimum atomic E-state index is 0.639. The molecule has 0 aromatic heterocycles. The van der Waals surface area contributed by atoms with Crippen molar-refractivity contribution in [3.63, 3.8) is 0 Å². The predicted molar refractivity (Wildman–Crippen MR) is 59.6 cm³/mol. The summed E-state index contributed by atoms with van der Waals surface area (Å²) in [6.45, 7) is 2.26. The van der Waals surface area contributed by atoms with Gasteiger partial charge in [0.05, 0.1) is 0 Å². The maximum Gasteiger partial charge on any atom is 0.0382 e. The van der Waals surface area contributed by atoms with Crippen molar-refractivity contribution in [3.05, 3.63) is 41.5 Å². The predicted octanol–water partition coefficient (Wildman–Crippen LogP) is 3.30. The van der Waals surface area contributed by atoms with E-state index >= 15 is 0 Å². The zero-order chi connectivity index (χ0) is 9.54. The topological polar surface area (TPSA) is 12.0 Å². The van der Waals surface area contributed by atoms with Gasteiger partial charge in [-0.05, 0) is 31.4 Å². The standard InChI is InChI=1S/C13H15N/c1-9-5-4-8-12-13(9)10-6-2-3-7-11(10)14-12/h2-3,5-7,12-14H,4,8H2,1H3. The highest BCUT2D eigenvalue weighted by Gasteiger charge is 2.33. The Balaban J connectivity index is 2.11. The summed E-state index contributed by atoms with van der Waals surface area (Å²) < 4.78 is 0. The molecule has 1 heteroatoms. The van der Waals surface area contributed by atoms with Crippen molar-refractivity contribution < 1.29 is 0 Å². The average Bonchev–Trinajstić information content (AvgIpc) is 2.57. The van der Waals surface area contributed by atoms with E-state index < -0.39 is 0 Å². The monoisotopic (exact) mass is 185 g/mol. The largest absolute Gasteiger partial charge is 0.381 e. The van der Waals surface area contributed by atoms with Crippen LogP contribution in [0.4, 0.5) is 5.69 Å². The fourth-order valence-electron chi connectivity index (χ4n) is 2.82. The Morgan fingerprint density at radius 3 is 3.07 bits per heavy atom. The summed E-state index contributed by atoms with van der Waals surface area (Å²) >= 11 is 0. The van der Waals surface area contributed by atoms with Crippen LogP contribution in [0.25, 0.3) is 0 Å². The van der Waals surface area contributed by atoms with Gasteiger partial charge in [-0.25, -0.2) is 0 Å². The first-order chi connectivity index (χ1) is 6.86. The third-order valence-electron chi connectivity index (χ3n) is 3.47. The van der Waals surface area contributed by atoms with E-state index in [1.807, 2.05) is 0 Å². The molecule has 1 aliphatic heterocycles. The van der Waals surface area contributed by atoms with Gasteiger partial charge in [0, 0.05) is 17.6 Å². The molecule has 3 rings (SSSR count). The second-order valence-corrected chi connectivity index (χ2v) is 4.34. The number of rotatable bonds is 0. The van der Waals surface area contributed by atoms with E-state index in [-0.39, 0.29) is 0 Å². The molecule has 1 aromatic carbocycles. The SMILES string of the molecule is CC1=CCCC2Nc3ccccc3C12. The second-order valence-electron chi connectivity index (χ2n) is 4.34. The van der Waals surface area contributed by atoms with E-state index in [1.54, 1.807) is 5.57 Å². The zero-order valence-corrected chi connectivity index (χ0v) is 8.46. The van der Waals surface area contributed by atoms with E-state index in [1.165, 1.54) is 24.1 Å². The van der Waals surface area contributed by atoms with Crippen LogP contribution in [0, 0.1) is 0 Å². The maximum absolute atomic E-state index is 3.63.